The highest BCUT2D eigenvalue weighted by molar-refractivity contribution is 5.14. The van der Waals surface area contributed by atoms with Crippen molar-refractivity contribution in [3.63, 3.8) is 0 Å². The number of aryl methyl sites for hydroxylation is 1. The molecular weight excluding hydrogens is 314 g/mol. The van der Waals surface area contributed by atoms with Gasteiger partial charge < -0.3 is 9.84 Å². The number of rotatable bonds is 8. The minimum absolute atomic E-state index is 0.445. The van der Waals surface area contributed by atoms with Crippen LogP contribution < -0.4 is 0 Å². The Morgan fingerprint density at radius 2 is 2.08 bits per heavy atom. The lowest BCUT2D eigenvalue weighted by Gasteiger charge is -2.19. The summed E-state index contributed by atoms with van der Waals surface area (Å²) in [6, 6.07) is 12.4. The molecule has 1 N–H and O–H groups in total. The van der Waals surface area contributed by atoms with Gasteiger partial charge in [-0.05, 0) is 30.9 Å². The summed E-state index contributed by atoms with van der Waals surface area (Å²) < 4.78 is 7.85. The summed E-state index contributed by atoms with van der Waals surface area (Å²) in [5.41, 5.74) is 3.25. The Morgan fingerprint density at radius 1 is 1.24 bits per heavy atom. The molecular formula is C20H29N3O2. The lowest BCUT2D eigenvalue weighted by Crippen LogP contribution is -2.25. The molecule has 1 aliphatic rings. The fraction of sp³-hybridized carbons (Fsp3) is 0.550. The van der Waals surface area contributed by atoms with Gasteiger partial charge in [0.25, 0.3) is 0 Å². The van der Waals surface area contributed by atoms with Crippen LogP contribution in [0.4, 0.5) is 0 Å². The fourth-order valence-electron chi connectivity index (χ4n) is 3.27. The van der Waals surface area contributed by atoms with E-state index in [-0.39, 0.29) is 0 Å². The van der Waals surface area contributed by atoms with Crippen LogP contribution in [-0.2, 0) is 24.4 Å². The third kappa shape index (κ3) is 5.14. The maximum absolute atomic E-state index is 10.0. The van der Waals surface area contributed by atoms with Gasteiger partial charge in [0.1, 0.15) is 0 Å². The molecule has 0 amide bonds. The van der Waals surface area contributed by atoms with Crippen molar-refractivity contribution in [2.24, 2.45) is 0 Å². The molecule has 2 aromatic rings. The van der Waals surface area contributed by atoms with Crippen LogP contribution in [0.25, 0.3) is 0 Å². The minimum atomic E-state index is -0.445. The first-order valence-electron chi connectivity index (χ1n) is 9.35. The number of hydrogen-bond acceptors (Lipinski definition) is 4. The van der Waals surface area contributed by atoms with E-state index in [1.165, 1.54) is 11.3 Å². The maximum Gasteiger partial charge on any atom is 0.0975 e. The predicted octanol–water partition coefficient (Wildman–Crippen LogP) is 3.14. The number of benzene rings is 1. The molecule has 0 bridgehead atoms. The first-order valence-corrected chi connectivity index (χ1v) is 9.35. The Kier molecular flexibility index (Phi) is 6.62. The van der Waals surface area contributed by atoms with E-state index in [0.29, 0.717) is 13.0 Å². The zero-order valence-corrected chi connectivity index (χ0v) is 15.1. The highest BCUT2D eigenvalue weighted by Gasteiger charge is 2.18. The van der Waals surface area contributed by atoms with E-state index in [2.05, 4.69) is 32.9 Å². The van der Waals surface area contributed by atoms with Crippen LogP contribution in [0.2, 0.25) is 0 Å². The lowest BCUT2D eigenvalue weighted by molar-refractivity contribution is 0.107. The van der Waals surface area contributed by atoms with Crippen LogP contribution >= 0.6 is 0 Å². The molecule has 5 nitrogen and oxygen atoms in total. The van der Waals surface area contributed by atoms with Crippen molar-refractivity contribution >= 4 is 0 Å². The molecule has 0 saturated carbocycles. The van der Waals surface area contributed by atoms with Gasteiger partial charge >= 0.3 is 0 Å². The van der Waals surface area contributed by atoms with E-state index in [1.807, 2.05) is 25.1 Å². The summed E-state index contributed by atoms with van der Waals surface area (Å²) in [7, 11) is 0. The van der Waals surface area contributed by atoms with Crippen LogP contribution in [0.1, 0.15) is 49.2 Å². The van der Waals surface area contributed by atoms with Crippen molar-refractivity contribution in [1.82, 2.24) is 14.7 Å². The molecule has 1 unspecified atom stereocenters. The van der Waals surface area contributed by atoms with E-state index >= 15 is 0 Å². The molecule has 136 valence electrons. The summed E-state index contributed by atoms with van der Waals surface area (Å²) in [5.74, 6) is 0. The van der Waals surface area contributed by atoms with Gasteiger partial charge in [0, 0.05) is 32.8 Å². The minimum Gasteiger partial charge on any atom is -0.387 e. The average Bonchev–Trinajstić information content (AvgIpc) is 2.94. The summed E-state index contributed by atoms with van der Waals surface area (Å²) in [4.78, 5) is 2.47. The number of ether oxygens (including phenoxy) is 1. The average molecular weight is 343 g/mol. The first kappa shape index (κ1) is 18.1. The predicted molar refractivity (Wildman–Crippen MR) is 98.1 cm³/mol. The van der Waals surface area contributed by atoms with E-state index in [9.17, 15) is 5.11 Å². The molecule has 1 atom stereocenters. The lowest BCUT2D eigenvalue weighted by atomic mass is 10.2. The Bertz CT molecular complexity index is 642. The molecule has 0 radical (unpaired) electrons. The van der Waals surface area contributed by atoms with E-state index in [4.69, 9.17) is 4.74 Å². The molecule has 25 heavy (non-hydrogen) atoms. The molecule has 5 heteroatoms. The molecule has 0 spiro atoms. The Hall–Kier alpha value is -1.69. The normalized spacial score (nSPS) is 16.4. The zero-order valence-electron chi connectivity index (χ0n) is 15.1. The summed E-state index contributed by atoms with van der Waals surface area (Å²) in [6.45, 7) is 7.42. The first-order chi connectivity index (χ1) is 12.3. The summed E-state index contributed by atoms with van der Waals surface area (Å²) in [6.07, 6.45) is 2.39. The number of hydrogen-bond donors (Lipinski definition) is 1. The van der Waals surface area contributed by atoms with Crippen LogP contribution in [0.15, 0.2) is 36.4 Å². The second kappa shape index (κ2) is 9.13. The number of aliphatic hydroxyl groups is 1. The topological polar surface area (TPSA) is 50.5 Å². The van der Waals surface area contributed by atoms with Gasteiger partial charge in [-0.25, -0.2) is 0 Å². The van der Waals surface area contributed by atoms with Crippen molar-refractivity contribution in [2.75, 3.05) is 19.7 Å². The van der Waals surface area contributed by atoms with Crippen LogP contribution in [0.5, 0.6) is 0 Å². The largest absolute Gasteiger partial charge is 0.387 e. The van der Waals surface area contributed by atoms with Gasteiger partial charge in [0.15, 0.2) is 0 Å². The third-order valence-electron chi connectivity index (χ3n) is 4.71. The molecule has 0 aliphatic carbocycles. The summed E-state index contributed by atoms with van der Waals surface area (Å²) >= 11 is 0. The molecule has 1 aliphatic heterocycles. The monoisotopic (exact) mass is 343 g/mol. The second-order valence-corrected chi connectivity index (χ2v) is 6.73. The highest BCUT2D eigenvalue weighted by atomic mass is 16.5. The van der Waals surface area contributed by atoms with Crippen molar-refractivity contribution in [1.29, 1.82) is 0 Å². The van der Waals surface area contributed by atoms with Gasteiger partial charge in [0.2, 0.25) is 0 Å². The third-order valence-corrected chi connectivity index (χ3v) is 4.71. The van der Waals surface area contributed by atoms with Crippen molar-refractivity contribution in [2.45, 2.75) is 52.0 Å². The molecule has 1 aromatic heterocycles. The van der Waals surface area contributed by atoms with Gasteiger partial charge in [-0.15, -0.1) is 0 Å². The quantitative estimate of drug-likeness (QED) is 0.748. The number of aromatic nitrogens is 2. The van der Waals surface area contributed by atoms with Crippen molar-refractivity contribution in [3.05, 3.63) is 53.3 Å². The molecule has 2 heterocycles. The van der Waals surface area contributed by atoms with Crippen molar-refractivity contribution < 1.29 is 9.84 Å². The van der Waals surface area contributed by atoms with Crippen LogP contribution in [0, 0.1) is 0 Å². The Labute approximate surface area is 150 Å². The number of aliphatic hydroxyl groups excluding tert-OH is 1. The van der Waals surface area contributed by atoms with Crippen LogP contribution in [-0.4, -0.2) is 39.5 Å². The van der Waals surface area contributed by atoms with E-state index in [0.717, 1.165) is 51.3 Å². The fourth-order valence-corrected chi connectivity index (χ4v) is 3.27. The maximum atomic E-state index is 10.0. The summed E-state index contributed by atoms with van der Waals surface area (Å²) in [5, 5.41) is 14.6. The van der Waals surface area contributed by atoms with Gasteiger partial charge in [-0.2, -0.15) is 5.10 Å². The van der Waals surface area contributed by atoms with Crippen LogP contribution in [0.3, 0.4) is 0 Å². The second-order valence-electron chi connectivity index (χ2n) is 6.73. The Morgan fingerprint density at radius 3 is 2.88 bits per heavy atom. The molecule has 1 aromatic carbocycles. The number of fused-ring (bicyclic) bond motifs is 1. The highest BCUT2D eigenvalue weighted by Crippen LogP contribution is 2.20. The smallest absolute Gasteiger partial charge is 0.0975 e. The van der Waals surface area contributed by atoms with Gasteiger partial charge in [0.05, 0.1) is 24.1 Å². The molecule has 0 fully saturated rings. The molecule has 0 saturated heterocycles. The number of nitrogens with zero attached hydrogens (tertiary/aromatic N) is 3. The van der Waals surface area contributed by atoms with Gasteiger partial charge in [-0.1, -0.05) is 37.3 Å². The molecule has 3 rings (SSSR count). The van der Waals surface area contributed by atoms with E-state index in [1.54, 1.807) is 0 Å². The zero-order chi connectivity index (χ0) is 17.5. The van der Waals surface area contributed by atoms with E-state index < -0.39 is 6.10 Å². The SMILES string of the molecule is CCC(O)c1cc2n(n1)CCCN(CCCOCc1ccccc1)C2. The van der Waals surface area contributed by atoms with Crippen molar-refractivity contribution in [3.8, 4) is 0 Å². The van der Waals surface area contributed by atoms with Gasteiger partial charge in [-0.3, -0.25) is 9.58 Å². The standard InChI is InChI=1S/C20H29N3O2/c1-2-20(24)19-14-18-15-22(10-6-12-23(18)21-19)11-7-13-25-16-17-8-4-3-5-9-17/h3-5,8-9,14,20,24H,2,6-7,10-13,15-16H2,1H3. The Balaban J connectivity index is 1.43.